The van der Waals surface area contributed by atoms with Gasteiger partial charge < -0.3 is 9.73 Å². The Kier molecular flexibility index (Phi) is 6.21. The molecular weight excluding hydrogens is 448 g/mol. The molecule has 2 fully saturated rings. The van der Waals surface area contributed by atoms with Gasteiger partial charge in [0.05, 0.1) is 23.1 Å². The smallest absolute Gasteiger partial charge is 0.261 e. The van der Waals surface area contributed by atoms with Crippen LogP contribution in [0.3, 0.4) is 0 Å². The second kappa shape index (κ2) is 9.29. The van der Waals surface area contributed by atoms with Crippen LogP contribution >= 0.6 is 0 Å². The maximum Gasteiger partial charge on any atom is 0.261 e. The molecule has 1 amide bonds. The average molecular weight is 479 g/mol. The first-order valence-electron chi connectivity index (χ1n) is 12.0. The number of hydrogen-bond acceptors (Lipinski definition) is 4. The normalized spacial score (nSPS) is 17.8. The summed E-state index contributed by atoms with van der Waals surface area (Å²) in [5.41, 5.74) is 2.05. The standard InChI is InChI=1S/C27H30N2O4S/c30-26(28-19-24-7-4-18-33-24)27(16-17-27)22-10-12-23(13-11-22)29-34(31,32)25-14-8-21(9-15-25)20-5-2-1-3-6-20/h4,7-15,18,20,29H,1-3,5-6,16-17,19H2,(H,28,30). The van der Waals surface area contributed by atoms with Gasteiger partial charge in [-0.05, 0) is 79.1 Å². The molecule has 34 heavy (non-hydrogen) atoms. The number of amides is 1. The van der Waals surface area contributed by atoms with Crippen LogP contribution in [0.2, 0.25) is 0 Å². The second-order valence-corrected chi connectivity index (χ2v) is 11.1. The Morgan fingerprint density at radius 1 is 0.941 bits per heavy atom. The minimum absolute atomic E-state index is 0.0321. The monoisotopic (exact) mass is 478 g/mol. The van der Waals surface area contributed by atoms with Crippen molar-refractivity contribution in [3.05, 3.63) is 83.8 Å². The van der Waals surface area contributed by atoms with Gasteiger partial charge in [0.25, 0.3) is 10.0 Å². The molecule has 5 rings (SSSR count). The van der Waals surface area contributed by atoms with Crippen LogP contribution < -0.4 is 10.0 Å². The van der Waals surface area contributed by atoms with E-state index in [0.717, 1.165) is 18.4 Å². The highest BCUT2D eigenvalue weighted by molar-refractivity contribution is 7.92. The first-order chi connectivity index (χ1) is 16.5. The number of carbonyl (C=O) groups excluding carboxylic acids is 1. The lowest BCUT2D eigenvalue weighted by Gasteiger charge is -2.22. The SMILES string of the molecule is O=C(NCc1ccco1)C1(c2ccc(NS(=O)(=O)c3ccc(C4CCCCC4)cc3)cc2)CC1. The van der Waals surface area contributed by atoms with Gasteiger partial charge in [-0.2, -0.15) is 0 Å². The van der Waals surface area contributed by atoms with Gasteiger partial charge in [-0.25, -0.2) is 8.42 Å². The van der Waals surface area contributed by atoms with Gasteiger partial charge in [-0.15, -0.1) is 0 Å². The summed E-state index contributed by atoms with van der Waals surface area (Å²) in [6.07, 6.45) is 9.27. The lowest BCUT2D eigenvalue weighted by Crippen LogP contribution is -2.34. The van der Waals surface area contributed by atoms with E-state index in [0.29, 0.717) is 23.9 Å². The zero-order chi connectivity index (χ0) is 23.6. The molecule has 7 heteroatoms. The van der Waals surface area contributed by atoms with Gasteiger partial charge >= 0.3 is 0 Å². The van der Waals surface area contributed by atoms with Crippen molar-refractivity contribution in [1.82, 2.24) is 5.32 Å². The molecule has 0 bridgehead atoms. The van der Waals surface area contributed by atoms with Crippen molar-refractivity contribution >= 4 is 21.6 Å². The van der Waals surface area contributed by atoms with Gasteiger partial charge in [-0.3, -0.25) is 9.52 Å². The number of hydrogen-bond donors (Lipinski definition) is 2. The highest BCUT2D eigenvalue weighted by Crippen LogP contribution is 2.48. The molecule has 2 saturated carbocycles. The van der Waals surface area contributed by atoms with Crippen molar-refractivity contribution in [2.45, 2.75) is 67.7 Å². The number of nitrogens with one attached hydrogen (secondary N) is 2. The zero-order valence-corrected chi connectivity index (χ0v) is 19.9. The maximum absolute atomic E-state index is 12.9. The summed E-state index contributed by atoms with van der Waals surface area (Å²) in [6.45, 7) is 0.352. The van der Waals surface area contributed by atoms with E-state index in [2.05, 4.69) is 10.0 Å². The van der Waals surface area contributed by atoms with E-state index in [1.807, 2.05) is 30.3 Å². The summed E-state index contributed by atoms with van der Waals surface area (Å²) in [5, 5.41) is 2.94. The van der Waals surface area contributed by atoms with E-state index in [1.165, 1.54) is 37.7 Å². The first kappa shape index (κ1) is 22.7. The summed E-state index contributed by atoms with van der Waals surface area (Å²) in [5.74, 6) is 1.22. The molecule has 2 aliphatic carbocycles. The third kappa shape index (κ3) is 4.75. The third-order valence-electron chi connectivity index (χ3n) is 7.14. The summed E-state index contributed by atoms with van der Waals surface area (Å²) >= 11 is 0. The number of furan rings is 1. The zero-order valence-electron chi connectivity index (χ0n) is 19.1. The molecule has 2 aliphatic rings. The summed E-state index contributed by atoms with van der Waals surface area (Å²) in [4.78, 5) is 13.1. The quantitative estimate of drug-likeness (QED) is 0.449. The Labute approximate surface area is 200 Å². The predicted octanol–water partition coefficient (Wildman–Crippen LogP) is 5.48. The van der Waals surface area contributed by atoms with E-state index >= 15 is 0 Å². The average Bonchev–Trinajstić information content (AvgIpc) is 3.51. The molecule has 0 atom stereocenters. The van der Waals surface area contributed by atoms with Crippen molar-refractivity contribution in [1.29, 1.82) is 0 Å². The van der Waals surface area contributed by atoms with E-state index in [-0.39, 0.29) is 10.8 Å². The van der Waals surface area contributed by atoms with Crippen LogP contribution in [0.15, 0.2) is 76.2 Å². The van der Waals surface area contributed by atoms with E-state index in [4.69, 9.17) is 4.42 Å². The topological polar surface area (TPSA) is 88.4 Å². The Morgan fingerprint density at radius 3 is 2.26 bits per heavy atom. The van der Waals surface area contributed by atoms with Crippen molar-refractivity contribution in [2.75, 3.05) is 4.72 Å². The number of benzene rings is 2. The summed E-state index contributed by atoms with van der Waals surface area (Å²) < 4.78 is 33.8. The van der Waals surface area contributed by atoms with Crippen LogP contribution in [0.1, 0.15) is 67.8 Å². The molecule has 0 saturated heterocycles. The van der Waals surface area contributed by atoms with Crippen molar-refractivity contribution < 1.29 is 17.6 Å². The number of sulfonamides is 1. The molecule has 0 unspecified atom stereocenters. The van der Waals surface area contributed by atoms with E-state index in [9.17, 15) is 13.2 Å². The van der Waals surface area contributed by atoms with Crippen LogP contribution in [0, 0.1) is 0 Å². The highest BCUT2D eigenvalue weighted by Gasteiger charge is 2.51. The number of carbonyl (C=O) groups is 1. The molecule has 3 aromatic rings. The molecule has 1 heterocycles. The molecule has 2 N–H and O–H groups in total. The second-order valence-electron chi connectivity index (χ2n) is 9.43. The number of anilines is 1. The molecule has 0 aliphatic heterocycles. The van der Waals surface area contributed by atoms with E-state index < -0.39 is 15.4 Å². The predicted molar refractivity (Wildman–Crippen MR) is 131 cm³/mol. The third-order valence-corrected chi connectivity index (χ3v) is 8.54. The van der Waals surface area contributed by atoms with Crippen LogP contribution in [0.4, 0.5) is 5.69 Å². The van der Waals surface area contributed by atoms with Crippen molar-refractivity contribution in [3.63, 3.8) is 0 Å². The van der Waals surface area contributed by atoms with Gasteiger partial charge in [-0.1, -0.05) is 43.5 Å². The van der Waals surface area contributed by atoms with Crippen molar-refractivity contribution in [3.8, 4) is 0 Å². The van der Waals surface area contributed by atoms with Crippen LogP contribution in [-0.4, -0.2) is 14.3 Å². The fourth-order valence-electron chi connectivity index (χ4n) is 4.95. The first-order valence-corrected chi connectivity index (χ1v) is 13.5. The number of rotatable bonds is 8. The summed E-state index contributed by atoms with van der Waals surface area (Å²) in [6, 6.07) is 18.0. The van der Waals surface area contributed by atoms with Crippen LogP contribution in [0.5, 0.6) is 0 Å². The molecule has 178 valence electrons. The fourth-order valence-corrected chi connectivity index (χ4v) is 6.01. The molecule has 1 aromatic heterocycles. The molecule has 0 radical (unpaired) electrons. The van der Waals surface area contributed by atoms with Crippen molar-refractivity contribution in [2.24, 2.45) is 0 Å². The van der Waals surface area contributed by atoms with Gasteiger partial charge in [0.2, 0.25) is 5.91 Å². The minimum Gasteiger partial charge on any atom is -0.467 e. The highest BCUT2D eigenvalue weighted by atomic mass is 32.2. The lowest BCUT2D eigenvalue weighted by molar-refractivity contribution is -0.123. The van der Waals surface area contributed by atoms with Gasteiger partial charge in [0.1, 0.15) is 5.76 Å². The Bertz CT molecular complexity index is 1220. The van der Waals surface area contributed by atoms with E-state index in [1.54, 1.807) is 36.6 Å². The Morgan fingerprint density at radius 2 is 1.65 bits per heavy atom. The van der Waals surface area contributed by atoms with Crippen LogP contribution in [0.25, 0.3) is 0 Å². The fraction of sp³-hybridized carbons (Fsp3) is 0.370. The lowest BCUT2D eigenvalue weighted by atomic mass is 9.84. The molecule has 0 spiro atoms. The molecule has 2 aromatic carbocycles. The Balaban J connectivity index is 1.23. The summed E-state index contributed by atoms with van der Waals surface area (Å²) in [7, 11) is -3.68. The van der Waals surface area contributed by atoms with Gasteiger partial charge in [0.15, 0.2) is 0 Å². The molecular formula is C27H30N2O4S. The van der Waals surface area contributed by atoms with Gasteiger partial charge in [0, 0.05) is 5.69 Å². The molecule has 6 nitrogen and oxygen atoms in total. The largest absolute Gasteiger partial charge is 0.467 e. The maximum atomic E-state index is 12.9. The van der Waals surface area contributed by atoms with Crippen LogP contribution in [-0.2, 0) is 26.8 Å². The Hall–Kier alpha value is -3.06. The minimum atomic E-state index is -3.68.